The summed E-state index contributed by atoms with van der Waals surface area (Å²) in [5.74, 6) is -0.0815. The molecule has 0 aliphatic rings. The second-order valence-corrected chi connectivity index (χ2v) is 7.75. The summed E-state index contributed by atoms with van der Waals surface area (Å²) in [6.07, 6.45) is 4.64. The monoisotopic (exact) mass is 423 g/mol. The molecule has 3 rings (SSSR count). The number of aromatic nitrogens is 2. The molecule has 8 heteroatoms. The number of anilines is 1. The quantitative estimate of drug-likeness (QED) is 0.507. The van der Waals surface area contributed by atoms with Crippen molar-refractivity contribution in [3.63, 3.8) is 0 Å². The number of hydrogen-bond donors (Lipinski definition) is 3. The van der Waals surface area contributed by atoms with Crippen molar-refractivity contribution in [3.8, 4) is 11.3 Å². The second-order valence-electron chi connectivity index (χ2n) is 6.86. The van der Waals surface area contributed by atoms with Crippen LogP contribution in [-0.2, 0) is 11.2 Å². The summed E-state index contributed by atoms with van der Waals surface area (Å²) >= 11 is 1.51. The van der Waals surface area contributed by atoms with Gasteiger partial charge < -0.3 is 16.0 Å². The van der Waals surface area contributed by atoms with E-state index in [1.54, 1.807) is 24.5 Å². The number of hydrogen-bond acceptors (Lipinski definition) is 5. The van der Waals surface area contributed by atoms with E-state index in [-0.39, 0.29) is 24.4 Å². The van der Waals surface area contributed by atoms with Gasteiger partial charge in [0.2, 0.25) is 5.91 Å². The molecule has 3 N–H and O–H groups in total. The molecule has 2 heterocycles. The van der Waals surface area contributed by atoms with Crippen LogP contribution in [0.5, 0.6) is 0 Å². The predicted octanol–water partition coefficient (Wildman–Crippen LogP) is 4.16. The summed E-state index contributed by atoms with van der Waals surface area (Å²) in [6.45, 7) is 4.55. The molecule has 0 aliphatic carbocycles. The van der Waals surface area contributed by atoms with Crippen LogP contribution in [0.25, 0.3) is 11.3 Å². The van der Waals surface area contributed by atoms with Gasteiger partial charge in [0, 0.05) is 35.6 Å². The molecule has 0 aliphatic heterocycles. The van der Waals surface area contributed by atoms with Crippen molar-refractivity contribution in [3.05, 3.63) is 64.7 Å². The zero-order valence-electron chi connectivity index (χ0n) is 17.0. The first-order valence-electron chi connectivity index (χ1n) is 9.84. The summed E-state index contributed by atoms with van der Waals surface area (Å²) < 4.78 is 0. The maximum absolute atomic E-state index is 12.4. The lowest BCUT2D eigenvalue weighted by Crippen LogP contribution is -2.29. The van der Waals surface area contributed by atoms with Crippen LogP contribution >= 0.6 is 11.3 Å². The summed E-state index contributed by atoms with van der Waals surface area (Å²) in [5.41, 5.74) is 3.37. The van der Waals surface area contributed by atoms with Crippen LogP contribution in [0, 0.1) is 0 Å². The summed E-state index contributed by atoms with van der Waals surface area (Å²) in [6, 6.07) is 10.7. The Morgan fingerprint density at radius 2 is 1.97 bits per heavy atom. The van der Waals surface area contributed by atoms with Crippen LogP contribution in [0.4, 0.5) is 10.5 Å². The Kier molecular flexibility index (Phi) is 7.51. The molecular formula is C22H25N5O2S. The Labute approximate surface area is 180 Å². The minimum atomic E-state index is -0.231. The van der Waals surface area contributed by atoms with Gasteiger partial charge >= 0.3 is 6.03 Å². The number of nitrogens with zero attached hydrogens (tertiary/aromatic N) is 2. The van der Waals surface area contributed by atoms with E-state index in [2.05, 4.69) is 25.9 Å². The highest BCUT2D eigenvalue weighted by Crippen LogP contribution is 2.24. The van der Waals surface area contributed by atoms with E-state index in [1.807, 2.05) is 43.5 Å². The summed E-state index contributed by atoms with van der Waals surface area (Å²) in [4.78, 5) is 32.8. The average molecular weight is 424 g/mol. The average Bonchev–Trinajstić information content (AvgIpc) is 3.25. The zero-order chi connectivity index (χ0) is 21.3. The molecule has 3 amide bonds. The molecule has 0 saturated heterocycles. The van der Waals surface area contributed by atoms with Gasteiger partial charge in [-0.25, -0.2) is 9.78 Å². The summed E-state index contributed by atoms with van der Waals surface area (Å²) in [5, 5.41) is 11.3. The van der Waals surface area contributed by atoms with Crippen LogP contribution in [0.15, 0.2) is 54.2 Å². The van der Waals surface area contributed by atoms with Crippen LogP contribution in [0.3, 0.4) is 0 Å². The molecule has 0 fully saturated rings. The van der Waals surface area contributed by atoms with Crippen molar-refractivity contribution < 1.29 is 9.59 Å². The van der Waals surface area contributed by atoms with Crippen LogP contribution in [0.2, 0.25) is 0 Å². The molecule has 0 radical (unpaired) electrons. The number of thiazole rings is 1. The highest BCUT2D eigenvalue weighted by Gasteiger charge is 2.14. The molecular weight excluding hydrogens is 398 g/mol. The molecule has 7 nitrogen and oxygen atoms in total. The predicted molar refractivity (Wildman–Crippen MR) is 119 cm³/mol. The number of nitrogens with one attached hydrogen (secondary N) is 3. The Balaban J connectivity index is 1.51. The normalized spacial score (nSPS) is 11.5. The molecule has 156 valence electrons. The lowest BCUT2D eigenvalue weighted by molar-refractivity contribution is -0.121. The van der Waals surface area contributed by atoms with E-state index < -0.39 is 0 Å². The van der Waals surface area contributed by atoms with Crippen LogP contribution in [0.1, 0.15) is 36.9 Å². The third-order valence-corrected chi connectivity index (χ3v) is 5.37. The highest BCUT2D eigenvalue weighted by atomic mass is 32.1. The zero-order valence-corrected chi connectivity index (χ0v) is 17.8. The number of urea groups is 1. The first-order valence-corrected chi connectivity index (χ1v) is 10.7. The van der Waals surface area contributed by atoms with Gasteiger partial charge in [-0.3, -0.25) is 9.78 Å². The van der Waals surface area contributed by atoms with Gasteiger partial charge in [0.25, 0.3) is 0 Å². The molecule has 0 saturated carbocycles. The van der Waals surface area contributed by atoms with E-state index in [0.29, 0.717) is 12.2 Å². The number of amides is 3. The number of carbonyl (C=O) groups excluding carboxylic acids is 2. The van der Waals surface area contributed by atoms with E-state index in [1.165, 1.54) is 11.3 Å². The van der Waals surface area contributed by atoms with E-state index in [0.717, 1.165) is 28.2 Å². The lowest BCUT2D eigenvalue weighted by Gasteiger charge is -2.12. The van der Waals surface area contributed by atoms with E-state index in [9.17, 15) is 9.59 Å². The minimum absolute atomic E-state index is 0.0815. The largest absolute Gasteiger partial charge is 0.347 e. The van der Waals surface area contributed by atoms with Gasteiger partial charge in [0.1, 0.15) is 5.01 Å². The summed E-state index contributed by atoms with van der Waals surface area (Å²) in [7, 11) is 0. The fourth-order valence-corrected chi connectivity index (χ4v) is 3.63. The van der Waals surface area contributed by atoms with Gasteiger partial charge in [0.05, 0.1) is 18.2 Å². The van der Waals surface area contributed by atoms with Gasteiger partial charge in [-0.05, 0) is 43.2 Å². The second kappa shape index (κ2) is 10.5. The fourth-order valence-electron chi connectivity index (χ4n) is 2.79. The van der Waals surface area contributed by atoms with E-state index >= 15 is 0 Å². The Bertz CT molecular complexity index is 973. The molecule has 0 spiro atoms. The topological polar surface area (TPSA) is 96.0 Å². The van der Waals surface area contributed by atoms with Gasteiger partial charge in [-0.1, -0.05) is 19.1 Å². The molecule has 1 unspecified atom stereocenters. The van der Waals surface area contributed by atoms with Crippen molar-refractivity contribution in [1.82, 2.24) is 20.6 Å². The van der Waals surface area contributed by atoms with Crippen molar-refractivity contribution in [2.45, 2.75) is 32.7 Å². The first-order chi connectivity index (χ1) is 14.5. The fraction of sp³-hybridized carbons (Fsp3) is 0.273. The van der Waals surface area contributed by atoms with Gasteiger partial charge in [0.15, 0.2) is 0 Å². The maximum atomic E-state index is 12.4. The molecule has 3 aromatic rings. The molecule has 0 bridgehead atoms. The highest BCUT2D eigenvalue weighted by molar-refractivity contribution is 7.10. The van der Waals surface area contributed by atoms with Gasteiger partial charge in [-0.15, -0.1) is 11.3 Å². The van der Waals surface area contributed by atoms with E-state index in [4.69, 9.17) is 0 Å². The molecule has 1 atom stereocenters. The minimum Gasteiger partial charge on any atom is -0.347 e. The number of rotatable bonds is 8. The molecule has 2 aromatic heterocycles. The number of benzene rings is 1. The maximum Gasteiger partial charge on any atom is 0.319 e. The van der Waals surface area contributed by atoms with Crippen molar-refractivity contribution in [2.24, 2.45) is 0 Å². The first kappa shape index (κ1) is 21.4. The van der Waals surface area contributed by atoms with Crippen molar-refractivity contribution in [1.29, 1.82) is 0 Å². The van der Waals surface area contributed by atoms with Crippen molar-refractivity contribution >= 4 is 29.0 Å². The molecule has 30 heavy (non-hydrogen) atoms. The SMILES string of the molecule is CCCNC(=O)Nc1ccc(CC(=O)NC(C)c2nc(-c3cccnc3)cs2)cc1. The van der Waals surface area contributed by atoms with Crippen molar-refractivity contribution in [2.75, 3.05) is 11.9 Å². The third kappa shape index (κ3) is 6.12. The standard InChI is InChI=1S/C22H25N5O2S/c1-3-10-24-22(29)26-18-8-6-16(7-9-18)12-20(28)25-15(2)21-27-19(14-30-21)17-5-4-11-23-13-17/h4-9,11,13-15H,3,10,12H2,1-2H3,(H,25,28)(H2,24,26,29). The Morgan fingerprint density at radius 1 is 1.17 bits per heavy atom. The van der Waals surface area contributed by atoms with Crippen LogP contribution in [-0.4, -0.2) is 28.5 Å². The number of pyridine rings is 1. The smallest absolute Gasteiger partial charge is 0.319 e. The Hall–Kier alpha value is -3.26. The molecule has 1 aromatic carbocycles. The van der Waals surface area contributed by atoms with Crippen LogP contribution < -0.4 is 16.0 Å². The van der Waals surface area contributed by atoms with Gasteiger partial charge in [-0.2, -0.15) is 0 Å². The third-order valence-electron chi connectivity index (χ3n) is 4.34. The Morgan fingerprint density at radius 3 is 2.67 bits per heavy atom. The number of carbonyl (C=O) groups is 2. The lowest BCUT2D eigenvalue weighted by atomic mass is 10.1.